The molecule has 0 aliphatic heterocycles. The number of aliphatic hydroxyl groups is 3. The first-order valence-corrected chi connectivity index (χ1v) is 12.0. The van der Waals surface area contributed by atoms with Crippen LogP contribution in [0.15, 0.2) is 64.8 Å². The number of hydrogen-bond donors (Lipinski definition) is 5. The molecule has 11 nitrogen and oxygen atoms in total. The second-order valence-corrected chi connectivity index (χ2v) is 9.18. The van der Waals surface area contributed by atoms with Gasteiger partial charge in [0.1, 0.15) is 38.1 Å². The van der Waals surface area contributed by atoms with Crippen LogP contribution in [-0.4, -0.2) is 56.7 Å². The van der Waals surface area contributed by atoms with Gasteiger partial charge in [-0.1, -0.05) is 23.9 Å². The van der Waals surface area contributed by atoms with Crippen LogP contribution in [0.2, 0.25) is 0 Å². The molecule has 4 rings (SSSR count). The Morgan fingerprint density at radius 2 is 1.92 bits per heavy atom. The molecule has 38 heavy (non-hydrogen) atoms. The van der Waals surface area contributed by atoms with Crippen LogP contribution < -0.4 is 15.6 Å². The molecule has 0 aliphatic rings. The summed E-state index contributed by atoms with van der Waals surface area (Å²) in [5.41, 5.74) is 4.79. The minimum Gasteiger partial charge on any atom is -0.872 e. The number of benzene rings is 1. The summed E-state index contributed by atoms with van der Waals surface area (Å²) < 4.78 is 11.0. The van der Waals surface area contributed by atoms with Crippen LogP contribution in [0.25, 0.3) is 21.7 Å². The first kappa shape index (κ1) is 28.3. The highest BCUT2D eigenvalue weighted by molar-refractivity contribution is 7.13. The number of hydrogen-bond acceptors (Lipinski definition) is 10. The number of carboxylic acids is 1. The van der Waals surface area contributed by atoms with Crippen LogP contribution in [0.1, 0.15) is 21.5 Å². The number of thiophene rings is 1. The average Bonchev–Trinajstić information content (AvgIpc) is 3.66. The highest BCUT2D eigenvalue weighted by atomic mass is 32.1. The van der Waals surface area contributed by atoms with E-state index in [1.807, 2.05) is 17.5 Å². The van der Waals surface area contributed by atoms with Gasteiger partial charge in [0.15, 0.2) is 5.54 Å². The summed E-state index contributed by atoms with van der Waals surface area (Å²) in [5.74, 6) is -1.77. The molecule has 0 atom stereocenters. The molecule has 4 aromatic rings. The average molecular weight is 540 g/mol. The molecule has 3 heterocycles. The number of pyridine rings is 1. The number of ether oxygens (including phenoxy) is 1. The molecule has 7 N–H and O–H groups in total. The van der Waals surface area contributed by atoms with Crippen LogP contribution in [0.5, 0.6) is 11.6 Å². The van der Waals surface area contributed by atoms with Crippen molar-refractivity contribution in [1.82, 2.24) is 4.98 Å². The molecule has 0 spiro atoms. The lowest BCUT2D eigenvalue weighted by Crippen LogP contribution is -2.78. The number of aromatic carboxylic acids is 1. The second kappa shape index (κ2) is 12.8. The summed E-state index contributed by atoms with van der Waals surface area (Å²) in [6.07, 6.45) is 3.05. The zero-order valence-electron chi connectivity index (χ0n) is 20.0. The number of aliphatic hydroxyl groups excluding tert-OH is 3. The van der Waals surface area contributed by atoms with Crippen LogP contribution in [0.4, 0.5) is 0 Å². The molecule has 0 unspecified atom stereocenters. The third-order valence-electron chi connectivity index (χ3n) is 5.36. The molecule has 0 aliphatic carbocycles. The summed E-state index contributed by atoms with van der Waals surface area (Å²) in [7, 11) is 0. The van der Waals surface area contributed by atoms with E-state index in [2.05, 4.69) is 16.8 Å². The van der Waals surface area contributed by atoms with E-state index in [4.69, 9.17) is 29.6 Å². The summed E-state index contributed by atoms with van der Waals surface area (Å²) in [6, 6.07) is 13.4. The van der Waals surface area contributed by atoms with Crippen LogP contribution >= 0.6 is 11.3 Å². The largest absolute Gasteiger partial charge is 0.872 e. The number of carbonyl (C=O) groups is 1. The minimum absolute atomic E-state index is 0.0461. The number of nitrogens with zero attached hydrogens (tertiary/aromatic N) is 2. The predicted octanol–water partition coefficient (Wildman–Crippen LogP) is 1.24. The van der Waals surface area contributed by atoms with E-state index in [1.54, 1.807) is 12.1 Å². The molecule has 12 heteroatoms. The lowest BCUT2D eigenvalue weighted by atomic mass is 10.0. The molecule has 198 valence electrons. The minimum atomic E-state index is -1.28. The monoisotopic (exact) mass is 539 g/mol. The van der Waals surface area contributed by atoms with Gasteiger partial charge in [-0.3, -0.25) is 0 Å². The van der Waals surface area contributed by atoms with Crippen LogP contribution in [0.3, 0.4) is 0 Å². The summed E-state index contributed by atoms with van der Waals surface area (Å²) >= 11 is 1.50. The van der Waals surface area contributed by atoms with E-state index in [0.29, 0.717) is 22.4 Å². The molecule has 0 bridgehead atoms. The molecule has 0 radical (unpaired) electrons. The predicted molar refractivity (Wildman–Crippen MR) is 134 cm³/mol. The lowest BCUT2D eigenvalue weighted by Gasteiger charge is -2.16. The normalized spacial score (nSPS) is 10.8. The molecule has 3 aromatic heterocycles. The van der Waals surface area contributed by atoms with Crippen molar-refractivity contribution in [3.05, 3.63) is 77.1 Å². The third-order valence-corrected chi connectivity index (χ3v) is 6.25. The van der Waals surface area contributed by atoms with E-state index >= 15 is 0 Å². The van der Waals surface area contributed by atoms with Crippen molar-refractivity contribution < 1.29 is 45.2 Å². The zero-order chi connectivity index (χ0) is 27.7. The zero-order valence-corrected chi connectivity index (χ0v) is 20.9. The SMILES string of the molecule is N#Cc1c(-c2ccoc2)cc(-c2cccs2)nc1OCc1ccc(C(=O)O)c([O-])c1.[NH3+]C(CO)(CO)CO. The Bertz CT molecular complexity index is 1390. The van der Waals surface area contributed by atoms with Gasteiger partial charge in [0, 0.05) is 11.1 Å². The highest BCUT2D eigenvalue weighted by Gasteiger charge is 2.25. The molecular formula is C26H25N3O8S. The number of nitriles is 1. The third kappa shape index (κ3) is 6.74. The Balaban J connectivity index is 0.000000436. The fourth-order valence-corrected chi connectivity index (χ4v) is 3.75. The maximum atomic E-state index is 11.9. The maximum absolute atomic E-state index is 11.9. The number of aromatic nitrogens is 1. The Morgan fingerprint density at radius 3 is 2.42 bits per heavy atom. The van der Waals surface area contributed by atoms with Crippen molar-refractivity contribution >= 4 is 17.3 Å². The molecule has 0 amide bonds. The number of quaternary nitrogens is 1. The van der Waals surface area contributed by atoms with Crippen molar-refractivity contribution in [2.75, 3.05) is 19.8 Å². The molecular weight excluding hydrogens is 514 g/mol. The Labute approximate surface area is 221 Å². The summed E-state index contributed by atoms with van der Waals surface area (Å²) in [6.45, 7) is -0.921. The lowest BCUT2D eigenvalue weighted by molar-refractivity contribution is -0.494. The molecule has 0 saturated carbocycles. The fourth-order valence-electron chi connectivity index (χ4n) is 3.06. The standard InChI is InChI=1S/C22H14N2O5S.C4H11NO3/c23-10-17-16(14-5-6-28-12-14)9-18(20-2-1-7-30-20)24-21(17)29-11-13-3-4-15(22(26)27)19(25)8-13;5-4(1-6,2-7)3-8/h1-9,12,25H,11H2,(H,26,27);6-8H,1-3,5H2. The van der Waals surface area contributed by atoms with Gasteiger partial charge in [-0.2, -0.15) is 5.26 Å². The molecule has 0 fully saturated rings. The van der Waals surface area contributed by atoms with Crippen molar-refractivity contribution in [2.45, 2.75) is 12.1 Å². The van der Waals surface area contributed by atoms with E-state index in [9.17, 15) is 15.2 Å². The first-order chi connectivity index (χ1) is 18.2. The van der Waals surface area contributed by atoms with E-state index in [1.165, 1.54) is 42.1 Å². The Kier molecular flexibility index (Phi) is 9.55. The van der Waals surface area contributed by atoms with Crippen LogP contribution in [-0.2, 0) is 6.61 Å². The summed E-state index contributed by atoms with van der Waals surface area (Å²) in [4.78, 5) is 16.4. The number of rotatable bonds is 9. The van der Waals surface area contributed by atoms with Gasteiger partial charge in [-0.25, -0.2) is 9.78 Å². The van der Waals surface area contributed by atoms with Gasteiger partial charge in [-0.05, 0) is 35.2 Å². The second-order valence-electron chi connectivity index (χ2n) is 8.24. The van der Waals surface area contributed by atoms with E-state index in [-0.39, 0.29) is 43.4 Å². The number of carboxylic acid groups (broad SMARTS) is 1. The van der Waals surface area contributed by atoms with Gasteiger partial charge < -0.3 is 40.4 Å². The summed E-state index contributed by atoms with van der Waals surface area (Å²) in [5, 5.41) is 57.8. The van der Waals surface area contributed by atoms with Gasteiger partial charge in [0.2, 0.25) is 5.88 Å². The van der Waals surface area contributed by atoms with Gasteiger partial charge in [-0.15, -0.1) is 11.3 Å². The van der Waals surface area contributed by atoms with Crippen LogP contribution in [0, 0.1) is 11.3 Å². The van der Waals surface area contributed by atoms with Gasteiger partial charge >= 0.3 is 5.97 Å². The van der Waals surface area contributed by atoms with E-state index in [0.717, 1.165) is 4.88 Å². The Hall–Kier alpha value is -4.25. The molecule has 1 aromatic carbocycles. The highest BCUT2D eigenvalue weighted by Crippen LogP contribution is 2.35. The fraction of sp³-hybridized carbons (Fsp3) is 0.192. The topological polar surface area (TPSA) is 208 Å². The first-order valence-electron chi connectivity index (χ1n) is 11.1. The van der Waals surface area contributed by atoms with Crippen molar-refractivity contribution in [3.8, 4) is 39.4 Å². The van der Waals surface area contributed by atoms with E-state index < -0.39 is 17.3 Å². The molecule has 0 saturated heterocycles. The van der Waals surface area contributed by atoms with Crippen molar-refractivity contribution in [2.24, 2.45) is 0 Å². The smallest absolute Gasteiger partial charge is 0.335 e. The van der Waals surface area contributed by atoms with Crippen molar-refractivity contribution in [1.29, 1.82) is 5.26 Å². The van der Waals surface area contributed by atoms with Crippen molar-refractivity contribution in [3.63, 3.8) is 0 Å². The van der Waals surface area contributed by atoms with Gasteiger partial charge in [0.05, 0.1) is 28.7 Å². The number of furan rings is 1. The Morgan fingerprint density at radius 1 is 1.18 bits per heavy atom. The van der Waals surface area contributed by atoms with Gasteiger partial charge in [0.25, 0.3) is 0 Å². The quantitative estimate of drug-likeness (QED) is 0.205. The maximum Gasteiger partial charge on any atom is 0.335 e.